The lowest BCUT2D eigenvalue weighted by atomic mass is 10.0. The molecule has 2 rings (SSSR count). The summed E-state index contributed by atoms with van der Waals surface area (Å²) in [5.41, 5.74) is 6.76. The summed E-state index contributed by atoms with van der Waals surface area (Å²) >= 11 is 6.24. The number of nitrogens with zero attached hydrogens (tertiary/aromatic N) is 3. The Hall–Kier alpha value is -1.43. The molecule has 6 heteroatoms. The number of hydrogen-bond donors (Lipinski definition) is 2. The summed E-state index contributed by atoms with van der Waals surface area (Å²) < 4.78 is 1.67. The van der Waals surface area contributed by atoms with E-state index in [0.29, 0.717) is 11.6 Å². The van der Waals surface area contributed by atoms with Crippen LogP contribution in [0.25, 0.3) is 0 Å². The van der Waals surface area contributed by atoms with Gasteiger partial charge in [-0.15, -0.1) is 0 Å². The zero-order valence-electron chi connectivity index (χ0n) is 11.3. The zero-order valence-corrected chi connectivity index (χ0v) is 12.1. The van der Waals surface area contributed by atoms with E-state index in [0.717, 1.165) is 22.5 Å². The highest BCUT2D eigenvalue weighted by Crippen LogP contribution is 2.25. The Kier molecular flexibility index (Phi) is 4.19. The van der Waals surface area contributed by atoms with Crippen LogP contribution in [0.2, 0.25) is 5.15 Å². The summed E-state index contributed by atoms with van der Waals surface area (Å²) in [6.45, 7) is 3.90. The number of hydrogen-bond acceptors (Lipinski definition) is 4. The molecule has 0 aliphatic heterocycles. The number of rotatable bonds is 4. The quantitative estimate of drug-likeness (QED) is 0.662. The third-order valence-corrected chi connectivity index (χ3v) is 3.69. The Bertz CT molecular complexity index is 561. The Labute approximate surface area is 117 Å². The number of aryl methyl sites for hydroxylation is 3. The minimum Gasteiger partial charge on any atom is -0.271 e. The van der Waals surface area contributed by atoms with Gasteiger partial charge in [0.15, 0.2) is 0 Å². The van der Waals surface area contributed by atoms with Gasteiger partial charge in [-0.05, 0) is 31.9 Å². The van der Waals surface area contributed by atoms with Crippen molar-refractivity contribution in [1.29, 1.82) is 0 Å². The first-order valence-electron chi connectivity index (χ1n) is 6.09. The Morgan fingerprint density at radius 1 is 1.42 bits per heavy atom. The van der Waals surface area contributed by atoms with Crippen LogP contribution in [0, 0.1) is 13.8 Å². The molecule has 0 fully saturated rings. The monoisotopic (exact) mass is 279 g/mol. The fourth-order valence-electron chi connectivity index (χ4n) is 2.07. The van der Waals surface area contributed by atoms with Crippen molar-refractivity contribution in [2.75, 3.05) is 0 Å². The molecule has 2 aromatic heterocycles. The maximum atomic E-state index is 6.24. The van der Waals surface area contributed by atoms with Gasteiger partial charge < -0.3 is 0 Å². The summed E-state index contributed by atoms with van der Waals surface area (Å²) in [4.78, 5) is 4.29. The van der Waals surface area contributed by atoms with E-state index in [1.54, 1.807) is 4.68 Å². The van der Waals surface area contributed by atoms with Crippen LogP contribution in [0.4, 0.5) is 0 Å². The van der Waals surface area contributed by atoms with Gasteiger partial charge in [0.05, 0.1) is 11.7 Å². The van der Waals surface area contributed by atoms with E-state index >= 15 is 0 Å². The lowest BCUT2D eigenvalue weighted by Crippen LogP contribution is -2.29. The van der Waals surface area contributed by atoms with Gasteiger partial charge in [0, 0.05) is 24.5 Å². The predicted molar refractivity (Wildman–Crippen MR) is 75.7 cm³/mol. The van der Waals surface area contributed by atoms with Gasteiger partial charge >= 0.3 is 0 Å². The van der Waals surface area contributed by atoms with Crippen LogP contribution >= 0.6 is 11.6 Å². The van der Waals surface area contributed by atoms with Crippen LogP contribution < -0.4 is 11.3 Å². The molecule has 1 atom stereocenters. The SMILES string of the molecule is Cc1ccc(C(Cc2c(C)nn(C)c2Cl)NN)cn1. The normalized spacial score (nSPS) is 12.7. The Morgan fingerprint density at radius 2 is 2.16 bits per heavy atom. The summed E-state index contributed by atoms with van der Waals surface area (Å²) in [5.74, 6) is 5.65. The van der Waals surface area contributed by atoms with Crippen molar-refractivity contribution in [2.24, 2.45) is 12.9 Å². The maximum absolute atomic E-state index is 6.24. The average Bonchev–Trinajstić information content (AvgIpc) is 2.63. The molecule has 19 heavy (non-hydrogen) atoms. The molecule has 2 heterocycles. The second kappa shape index (κ2) is 5.69. The van der Waals surface area contributed by atoms with Gasteiger partial charge in [-0.2, -0.15) is 5.10 Å². The molecule has 0 amide bonds. The molecule has 102 valence electrons. The fraction of sp³-hybridized carbons (Fsp3) is 0.385. The molecule has 0 spiro atoms. The minimum atomic E-state index is -0.0338. The third kappa shape index (κ3) is 2.94. The predicted octanol–water partition coefficient (Wildman–Crippen LogP) is 1.83. The van der Waals surface area contributed by atoms with E-state index in [-0.39, 0.29) is 6.04 Å². The standard InChI is InChI=1S/C13H18ClN5/c1-8-4-5-10(7-16-8)12(17-15)6-11-9(2)18-19(3)13(11)14/h4-5,7,12,17H,6,15H2,1-3H3. The summed E-state index contributed by atoms with van der Waals surface area (Å²) in [6, 6.07) is 3.96. The first kappa shape index (κ1) is 14.0. The zero-order chi connectivity index (χ0) is 14.0. The molecule has 0 aliphatic carbocycles. The largest absolute Gasteiger partial charge is 0.271 e. The lowest BCUT2D eigenvalue weighted by molar-refractivity contribution is 0.549. The van der Waals surface area contributed by atoms with Crippen LogP contribution in [0.5, 0.6) is 0 Å². The lowest BCUT2D eigenvalue weighted by Gasteiger charge is -2.16. The molecule has 3 N–H and O–H groups in total. The van der Waals surface area contributed by atoms with Gasteiger partial charge in [-0.1, -0.05) is 17.7 Å². The smallest absolute Gasteiger partial charge is 0.130 e. The molecule has 1 unspecified atom stereocenters. The number of hydrazine groups is 1. The van der Waals surface area contributed by atoms with Crippen LogP contribution in [0.15, 0.2) is 18.3 Å². The molecule has 0 radical (unpaired) electrons. The van der Waals surface area contributed by atoms with Crippen molar-refractivity contribution in [3.05, 3.63) is 46.0 Å². The maximum Gasteiger partial charge on any atom is 0.130 e. The van der Waals surface area contributed by atoms with E-state index < -0.39 is 0 Å². The molecule has 0 aliphatic rings. The van der Waals surface area contributed by atoms with E-state index in [4.69, 9.17) is 17.4 Å². The molecular weight excluding hydrogens is 262 g/mol. The molecular formula is C13H18ClN5. The number of aromatic nitrogens is 3. The van der Waals surface area contributed by atoms with Gasteiger partial charge in [0.1, 0.15) is 5.15 Å². The van der Waals surface area contributed by atoms with Gasteiger partial charge in [0.2, 0.25) is 0 Å². The first-order valence-corrected chi connectivity index (χ1v) is 6.47. The second-order valence-corrected chi connectivity index (χ2v) is 4.99. The summed E-state index contributed by atoms with van der Waals surface area (Å²) in [5, 5.41) is 4.96. The van der Waals surface area contributed by atoms with E-state index in [1.165, 1.54) is 0 Å². The molecule has 0 bridgehead atoms. The van der Waals surface area contributed by atoms with Crippen molar-refractivity contribution in [3.8, 4) is 0 Å². The summed E-state index contributed by atoms with van der Waals surface area (Å²) in [6.07, 6.45) is 2.51. The Balaban J connectivity index is 2.26. The van der Waals surface area contributed by atoms with E-state index in [1.807, 2.05) is 39.2 Å². The highest BCUT2D eigenvalue weighted by molar-refractivity contribution is 6.30. The van der Waals surface area contributed by atoms with Gasteiger partial charge in [-0.25, -0.2) is 0 Å². The first-order chi connectivity index (χ1) is 9.02. The average molecular weight is 280 g/mol. The van der Waals surface area contributed by atoms with Crippen LogP contribution in [-0.2, 0) is 13.5 Å². The highest BCUT2D eigenvalue weighted by Gasteiger charge is 2.17. The molecule has 0 saturated heterocycles. The number of nitrogens with two attached hydrogens (primary N) is 1. The van der Waals surface area contributed by atoms with Crippen LogP contribution in [0.3, 0.4) is 0 Å². The summed E-state index contributed by atoms with van der Waals surface area (Å²) in [7, 11) is 1.83. The fourth-order valence-corrected chi connectivity index (χ4v) is 2.32. The van der Waals surface area contributed by atoms with Gasteiger partial charge in [0.25, 0.3) is 0 Å². The van der Waals surface area contributed by atoms with Crippen molar-refractivity contribution >= 4 is 11.6 Å². The highest BCUT2D eigenvalue weighted by atomic mass is 35.5. The van der Waals surface area contributed by atoms with Crippen molar-refractivity contribution in [2.45, 2.75) is 26.3 Å². The minimum absolute atomic E-state index is 0.0338. The number of halogens is 1. The van der Waals surface area contributed by atoms with E-state index in [9.17, 15) is 0 Å². The molecule has 2 aromatic rings. The van der Waals surface area contributed by atoms with Crippen molar-refractivity contribution in [3.63, 3.8) is 0 Å². The molecule has 5 nitrogen and oxygen atoms in total. The third-order valence-electron chi connectivity index (χ3n) is 3.22. The Morgan fingerprint density at radius 3 is 2.63 bits per heavy atom. The molecule has 0 saturated carbocycles. The van der Waals surface area contributed by atoms with Crippen LogP contribution in [-0.4, -0.2) is 14.8 Å². The van der Waals surface area contributed by atoms with E-state index in [2.05, 4.69) is 15.5 Å². The number of pyridine rings is 1. The van der Waals surface area contributed by atoms with Gasteiger partial charge in [-0.3, -0.25) is 20.9 Å². The van der Waals surface area contributed by atoms with Crippen molar-refractivity contribution < 1.29 is 0 Å². The van der Waals surface area contributed by atoms with Crippen molar-refractivity contribution in [1.82, 2.24) is 20.2 Å². The number of nitrogens with one attached hydrogen (secondary N) is 1. The second-order valence-electron chi connectivity index (χ2n) is 4.63. The molecule has 0 aromatic carbocycles. The van der Waals surface area contributed by atoms with Crippen LogP contribution in [0.1, 0.15) is 28.6 Å². The topological polar surface area (TPSA) is 68.8 Å².